The Morgan fingerprint density at radius 1 is 1.21 bits per heavy atom. The highest BCUT2D eigenvalue weighted by Crippen LogP contribution is 2.26. The van der Waals surface area contributed by atoms with Crippen molar-refractivity contribution in [2.24, 2.45) is 0 Å². The van der Waals surface area contributed by atoms with Gasteiger partial charge in [0.1, 0.15) is 17.5 Å². The molecule has 0 spiro atoms. The van der Waals surface area contributed by atoms with Crippen LogP contribution in [0.25, 0.3) is 16.9 Å². The van der Waals surface area contributed by atoms with Crippen LogP contribution >= 0.6 is 23.4 Å². The highest BCUT2D eigenvalue weighted by molar-refractivity contribution is 7.98. The number of pyridine rings is 2. The molecule has 0 aliphatic rings. The van der Waals surface area contributed by atoms with Gasteiger partial charge in [-0.3, -0.25) is 4.79 Å². The van der Waals surface area contributed by atoms with Gasteiger partial charge in [-0.2, -0.15) is 9.78 Å². The molecule has 4 heterocycles. The molecule has 12 heteroatoms. The highest BCUT2D eigenvalue weighted by Gasteiger charge is 2.24. The van der Waals surface area contributed by atoms with Gasteiger partial charge in [-0.1, -0.05) is 11.6 Å². The van der Waals surface area contributed by atoms with Crippen LogP contribution in [0.1, 0.15) is 6.92 Å². The zero-order valence-corrected chi connectivity index (χ0v) is 19.4. The molecule has 1 N–H and O–H groups in total. The summed E-state index contributed by atoms with van der Waals surface area (Å²) in [4.78, 5) is 30.9. The Bertz CT molecular complexity index is 1250. The van der Waals surface area contributed by atoms with E-state index < -0.39 is 12.0 Å². The number of nitrogens with zero attached hydrogens (tertiary/aromatic N) is 6. The topological polar surface area (TPSA) is 117 Å². The zero-order chi connectivity index (χ0) is 23.2. The van der Waals surface area contributed by atoms with Crippen LogP contribution < -0.4 is 10.1 Å². The molecule has 0 saturated carbocycles. The minimum Gasteiger partial charge on any atom is -0.461 e. The average Bonchev–Trinajstić information content (AvgIpc) is 3.27. The van der Waals surface area contributed by atoms with Gasteiger partial charge < -0.3 is 14.8 Å². The Kier molecular flexibility index (Phi) is 7.33. The Balaban J connectivity index is 1.60. The third-order valence-corrected chi connectivity index (χ3v) is 5.52. The summed E-state index contributed by atoms with van der Waals surface area (Å²) >= 11 is 7.82. The Morgan fingerprint density at radius 3 is 2.82 bits per heavy atom. The number of fused-ring (bicyclic) bond motifs is 1. The van der Waals surface area contributed by atoms with E-state index in [1.165, 1.54) is 17.2 Å². The smallest absolute Gasteiger partial charge is 0.269 e. The number of carbonyl (C=O) groups excluding carboxylic acids is 1. The van der Waals surface area contributed by atoms with Crippen LogP contribution in [-0.2, 0) is 9.53 Å². The lowest BCUT2D eigenvalue weighted by atomic mass is 10.3. The second kappa shape index (κ2) is 10.6. The molecule has 0 bridgehead atoms. The van der Waals surface area contributed by atoms with E-state index in [1.807, 2.05) is 19.2 Å². The van der Waals surface area contributed by atoms with E-state index in [-0.39, 0.29) is 12.5 Å². The maximum Gasteiger partial charge on any atom is 0.269 e. The summed E-state index contributed by atoms with van der Waals surface area (Å²) in [6.07, 6.45) is 7.12. The number of thioether (sulfide) groups is 1. The van der Waals surface area contributed by atoms with Gasteiger partial charge in [-0.25, -0.2) is 19.9 Å². The molecule has 0 aromatic carbocycles. The molecule has 10 nitrogen and oxygen atoms in total. The van der Waals surface area contributed by atoms with Crippen molar-refractivity contribution in [3.05, 3.63) is 54.2 Å². The molecule has 1 atom stereocenters. The van der Waals surface area contributed by atoms with E-state index in [4.69, 9.17) is 21.1 Å². The number of hydrogen-bond donors (Lipinski definition) is 1. The van der Waals surface area contributed by atoms with Crippen molar-refractivity contribution in [2.45, 2.75) is 17.9 Å². The third-order valence-electron chi connectivity index (χ3n) is 4.51. The first-order valence-electron chi connectivity index (χ1n) is 9.95. The van der Waals surface area contributed by atoms with Crippen molar-refractivity contribution >= 4 is 46.1 Å². The summed E-state index contributed by atoms with van der Waals surface area (Å²) in [5.74, 6) is 0.596. The van der Waals surface area contributed by atoms with E-state index in [9.17, 15) is 4.79 Å². The molecule has 0 fully saturated rings. The molecule has 0 aliphatic heterocycles. The number of carbonyl (C=O) groups is 1. The van der Waals surface area contributed by atoms with Gasteiger partial charge in [-0.05, 0) is 37.4 Å². The molecular weight excluding hydrogens is 466 g/mol. The molecular formula is C21H20ClN7O3S. The van der Waals surface area contributed by atoms with Crippen LogP contribution in [0.15, 0.2) is 54.1 Å². The lowest BCUT2D eigenvalue weighted by Crippen LogP contribution is -2.37. The maximum absolute atomic E-state index is 12.9. The Morgan fingerprint density at radius 2 is 2.09 bits per heavy atom. The number of halogens is 1. The highest BCUT2D eigenvalue weighted by atomic mass is 35.5. The van der Waals surface area contributed by atoms with Gasteiger partial charge in [0.25, 0.3) is 5.91 Å². The predicted molar refractivity (Wildman–Crippen MR) is 125 cm³/mol. The summed E-state index contributed by atoms with van der Waals surface area (Å²) < 4.78 is 12.9. The second-order valence-electron chi connectivity index (χ2n) is 6.62. The van der Waals surface area contributed by atoms with E-state index in [2.05, 4.69) is 30.4 Å². The second-order valence-corrected chi connectivity index (χ2v) is 7.91. The first-order chi connectivity index (χ1) is 16.1. The minimum atomic E-state index is -0.980. The Hall–Kier alpha value is -3.28. The molecule has 1 unspecified atom stereocenters. The van der Waals surface area contributed by atoms with Crippen LogP contribution in [0.2, 0.25) is 5.02 Å². The van der Waals surface area contributed by atoms with E-state index in [0.29, 0.717) is 34.3 Å². The monoisotopic (exact) mass is 485 g/mol. The number of anilines is 1. The Labute approximate surface area is 198 Å². The summed E-state index contributed by atoms with van der Waals surface area (Å²) in [6.45, 7) is 2.28. The summed E-state index contributed by atoms with van der Waals surface area (Å²) in [5.41, 5.74) is 0.436. The van der Waals surface area contributed by atoms with Crippen LogP contribution in [0.3, 0.4) is 0 Å². The SMILES string of the molecule is CCOCC(Oc1ncnc2c1cnn2-c1ncccc1Cl)C(=O)Nc1ccc(SC)cn1. The van der Waals surface area contributed by atoms with Gasteiger partial charge in [0.2, 0.25) is 12.0 Å². The zero-order valence-electron chi connectivity index (χ0n) is 17.8. The van der Waals surface area contributed by atoms with Gasteiger partial charge in [0.05, 0.1) is 17.8 Å². The van der Waals surface area contributed by atoms with Crippen molar-refractivity contribution in [3.63, 3.8) is 0 Å². The third kappa shape index (κ3) is 5.21. The number of amides is 1. The molecule has 4 rings (SSSR count). The lowest BCUT2D eigenvalue weighted by Gasteiger charge is -2.18. The molecule has 170 valence electrons. The molecule has 33 heavy (non-hydrogen) atoms. The van der Waals surface area contributed by atoms with Crippen molar-refractivity contribution in [3.8, 4) is 11.7 Å². The van der Waals surface area contributed by atoms with Gasteiger partial charge >= 0.3 is 0 Å². The molecule has 4 aromatic heterocycles. The number of aromatic nitrogens is 6. The van der Waals surface area contributed by atoms with E-state index in [0.717, 1.165) is 4.90 Å². The number of nitrogens with one attached hydrogen (secondary N) is 1. The summed E-state index contributed by atoms with van der Waals surface area (Å²) in [7, 11) is 0. The van der Waals surface area contributed by atoms with Crippen molar-refractivity contribution < 1.29 is 14.3 Å². The van der Waals surface area contributed by atoms with Crippen LogP contribution in [0.4, 0.5) is 5.82 Å². The summed E-state index contributed by atoms with van der Waals surface area (Å²) in [5, 5.41) is 7.99. The normalized spacial score (nSPS) is 12.0. The van der Waals surface area contributed by atoms with E-state index >= 15 is 0 Å². The predicted octanol–water partition coefficient (Wildman–Crippen LogP) is 3.40. The molecule has 0 radical (unpaired) electrons. The largest absolute Gasteiger partial charge is 0.461 e. The first-order valence-corrected chi connectivity index (χ1v) is 11.6. The quantitative estimate of drug-likeness (QED) is 0.356. The van der Waals surface area contributed by atoms with Gasteiger partial charge in [-0.15, -0.1) is 11.8 Å². The maximum atomic E-state index is 12.9. The molecule has 4 aromatic rings. The number of hydrogen-bond acceptors (Lipinski definition) is 9. The van der Waals surface area contributed by atoms with Crippen molar-refractivity contribution in [1.82, 2.24) is 29.7 Å². The average molecular weight is 486 g/mol. The van der Waals surface area contributed by atoms with Crippen LogP contribution in [-0.4, -0.2) is 61.2 Å². The van der Waals surface area contributed by atoms with Gasteiger partial charge in [0, 0.05) is 23.9 Å². The van der Waals surface area contributed by atoms with Gasteiger partial charge in [0.15, 0.2) is 11.5 Å². The molecule has 0 saturated heterocycles. The standard InChI is InChI=1S/C21H20ClN7O3S/c1-3-31-11-16(20(30)28-17-7-6-13(33-2)9-24-17)32-21-14-10-27-29(18(14)25-12-26-21)19-15(22)5-4-8-23-19/h4-10,12,16H,3,11H2,1-2H3,(H,24,28,30). The fourth-order valence-electron chi connectivity index (χ4n) is 2.91. The van der Waals surface area contributed by atoms with Crippen LogP contribution in [0.5, 0.6) is 5.88 Å². The lowest BCUT2D eigenvalue weighted by molar-refractivity contribution is -0.125. The fourth-order valence-corrected chi connectivity index (χ4v) is 3.47. The van der Waals surface area contributed by atoms with E-state index in [1.54, 1.807) is 42.4 Å². The molecule has 1 amide bonds. The summed E-state index contributed by atoms with van der Waals surface area (Å²) in [6, 6.07) is 7.03. The number of rotatable bonds is 9. The van der Waals surface area contributed by atoms with Crippen LogP contribution in [0, 0.1) is 0 Å². The first kappa shape index (κ1) is 22.9. The fraction of sp³-hybridized carbons (Fsp3) is 0.238. The number of ether oxygens (including phenoxy) is 2. The van der Waals surface area contributed by atoms with Crippen molar-refractivity contribution in [2.75, 3.05) is 24.8 Å². The van der Waals surface area contributed by atoms with Crippen molar-refractivity contribution in [1.29, 1.82) is 0 Å². The minimum absolute atomic E-state index is 0.0247. The molecule has 0 aliphatic carbocycles.